The molecular weight excluding hydrogens is 482 g/mol. The summed E-state index contributed by atoms with van der Waals surface area (Å²) in [6.07, 6.45) is 1.49. The van der Waals surface area contributed by atoms with Crippen molar-refractivity contribution in [2.24, 2.45) is 0 Å². The number of nitrogens with zero attached hydrogens (tertiary/aromatic N) is 3. The lowest BCUT2D eigenvalue weighted by molar-refractivity contribution is 0.0640. The highest BCUT2D eigenvalue weighted by molar-refractivity contribution is 5.94. The summed E-state index contributed by atoms with van der Waals surface area (Å²) in [6.45, 7) is 6.54. The van der Waals surface area contributed by atoms with Crippen LogP contribution in [0.15, 0.2) is 108 Å². The first-order valence-corrected chi connectivity index (χ1v) is 13.5. The van der Waals surface area contributed by atoms with Gasteiger partial charge >= 0.3 is 0 Å². The van der Waals surface area contributed by atoms with Crippen LogP contribution in [0, 0.1) is 6.92 Å². The van der Waals surface area contributed by atoms with Crippen molar-refractivity contribution >= 4 is 16.8 Å². The molecule has 4 aromatic carbocycles. The van der Waals surface area contributed by atoms with Crippen molar-refractivity contribution < 1.29 is 4.79 Å². The molecule has 5 nitrogen and oxygen atoms in total. The first-order chi connectivity index (χ1) is 19.0. The van der Waals surface area contributed by atoms with Crippen LogP contribution in [0.2, 0.25) is 0 Å². The van der Waals surface area contributed by atoms with Gasteiger partial charge in [-0.1, -0.05) is 86.1 Å². The van der Waals surface area contributed by atoms with Gasteiger partial charge in [0.05, 0.1) is 22.6 Å². The molecule has 0 aliphatic carbocycles. The molecule has 196 valence electrons. The average molecular weight is 516 g/mol. The Morgan fingerprint density at radius 2 is 1.49 bits per heavy atom. The third-order valence-corrected chi connectivity index (χ3v) is 7.22. The number of carbonyl (C=O) groups is 1. The first-order valence-electron chi connectivity index (χ1n) is 13.5. The van der Waals surface area contributed by atoms with Crippen molar-refractivity contribution in [3.05, 3.63) is 142 Å². The molecule has 0 radical (unpaired) electrons. The molecule has 5 rings (SSSR count). The average Bonchev–Trinajstić information content (AvgIpc) is 2.98. The molecule has 1 unspecified atom stereocenters. The SMILES string of the molecule is CCc1ccc(-n2c(C(CC)N(Cc3ccccc3)C(=O)c3ccc(C)cc3)nc3ccccc3c2=O)cc1. The van der Waals surface area contributed by atoms with Crippen LogP contribution in [-0.4, -0.2) is 20.4 Å². The Kier molecular flexibility index (Phi) is 7.69. The number of para-hydroxylation sites is 1. The Morgan fingerprint density at radius 3 is 2.15 bits per heavy atom. The lowest BCUT2D eigenvalue weighted by Crippen LogP contribution is -2.38. The van der Waals surface area contributed by atoms with E-state index >= 15 is 0 Å². The largest absolute Gasteiger partial charge is 0.324 e. The molecule has 1 aromatic heterocycles. The van der Waals surface area contributed by atoms with Gasteiger partial charge in [-0.05, 0) is 67.3 Å². The molecule has 5 aromatic rings. The van der Waals surface area contributed by atoms with E-state index in [9.17, 15) is 9.59 Å². The maximum atomic E-state index is 14.1. The number of carbonyl (C=O) groups excluding carboxylic acids is 1. The summed E-state index contributed by atoms with van der Waals surface area (Å²) in [7, 11) is 0. The van der Waals surface area contributed by atoms with Crippen molar-refractivity contribution in [3.8, 4) is 5.69 Å². The zero-order valence-electron chi connectivity index (χ0n) is 22.7. The number of aryl methyl sites for hydroxylation is 2. The number of amides is 1. The summed E-state index contributed by atoms with van der Waals surface area (Å²) >= 11 is 0. The van der Waals surface area contributed by atoms with Crippen molar-refractivity contribution in [2.75, 3.05) is 0 Å². The first kappa shape index (κ1) is 26.1. The van der Waals surface area contributed by atoms with Crippen LogP contribution >= 0.6 is 0 Å². The Balaban J connectivity index is 1.72. The third-order valence-electron chi connectivity index (χ3n) is 7.22. The summed E-state index contributed by atoms with van der Waals surface area (Å²) in [5.74, 6) is 0.461. The molecule has 0 saturated heterocycles. The molecule has 0 bridgehead atoms. The van der Waals surface area contributed by atoms with Crippen molar-refractivity contribution in [1.29, 1.82) is 0 Å². The smallest absolute Gasteiger partial charge is 0.266 e. The molecule has 0 aliphatic rings. The molecule has 0 saturated carbocycles. The van der Waals surface area contributed by atoms with Crippen LogP contribution in [0.5, 0.6) is 0 Å². The van der Waals surface area contributed by atoms with E-state index in [2.05, 4.69) is 6.92 Å². The van der Waals surface area contributed by atoms with Gasteiger partial charge in [-0.15, -0.1) is 0 Å². The van der Waals surface area contributed by atoms with E-state index in [0.29, 0.717) is 35.3 Å². The second-order valence-corrected chi connectivity index (χ2v) is 9.86. The topological polar surface area (TPSA) is 55.2 Å². The van der Waals surface area contributed by atoms with Crippen molar-refractivity contribution in [1.82, 2.24) is 14.5 Å². The van der Waals surface area contributed by atoms with Crippen LogP contribution in [0.3, 0.4) is 0 Å². The molecule has 39 heavy (non-hydrogen) atoms. The standard InChI is InChI=1S/C34H33N3O2/c1-4-25-17-21-28(22-18-25)37-32(35-30-14-10-9-13-29(30)34(37)39)31(5-2)36(23-26-11-7-6-8-12-26)33(38)27-19-15-24(3)16-20-27/h6-22,31H,4-5,23H2,1-3H3. The maximum Gasteiger partial charge on any atom is 0.266 e. The molecule has 1 amide bonds. The highest BCUT2D eigenvalue weighted by atomic mass is 16.2. The number of benzene rings is 4. The highest BCUT2D eigenvalue weighted by Gasteiger charge is 2.30. The minimum atomic E-state index is -0.442. The van der Waals surface area contributed by atoms with Gasteiger partial charge in [-0.3, -0.25) is 14.2 Å². The number of hydrogen-bond acceptors (Lipinski definition) is 3. The zero-order chi connectivity index (χ0) is 27.4. The van der Waals surface area contributed by atoms with Gasteiger partial charge in [0.25, 0.3) is 11.5 Å². The maximum absolute atomic E-state index is 14.1. The quantitative estimate of drug-likeness (QED) is 0.222. The van der Waals surface area contributed by atoms with E-state index in [0.717, 1.165) is 23.2 Å². The Bertz CT molecular complexity index is 1640. The third kappa shape index (κ3) is 5.39. The van der Waals surface area contributed by atoms with Gasteiger partial charge in [0.1, 0.15) is 5.82 Å². The molecule has 0 N–H and O–H groups in total. The van der Waals surface area contributed by atoms with Gasteiger partial charge in [0.15, 0.2) is 0 Å². The number of hydrogen-bond donors (Lipinski definition) is 0. The molecule has 0 fully saturated rings. The van der Waals surface area contributed by atoms with Crippen LogP contribution in [-0.2, 0) is 13.0 Å². The van der Waals surface area contributed by atoms with Gasteiger partial charge < -0.3 is 4.90 Å². The molecule has 5 heteroatoms. The molecular formula is C34H33N3O2. The van der Waals surface area contributed by atoms with Gasteiger partial charge in [-0.2, -0.15) is 0 Å². The lowest BCUT2D eigenvalue weighted by atomic mass is 10.0. The van der Waals surface area contributed by atoms with E-state index in [1.54, 1.807) is 4.57 Å². The fourth-order valence-electron chi connectivity index (χ4n) is 5.01. The Labute approximate surface area is 229 Å². The van der Waals surface area contributed by atoms with Crippen LogP contribution in [0.25, 0.3) is 16.6 Å². The van der Waals surface area contributed by atoms with Gasteiger partial charge in [0.2, 0.25) is 0 Å². The van der Waals surface area contributed by atoms with Crippen LogP contribution < -0.4 is 5.56 Å². The molecule has 0 spiro atoms. The minimum Gasteiger partial charge on any atom is -0.324 e. The van der Waals surface area contributed by atoms with E-state index in [4.69, 9.17) is 4.98 Å². The van der Waals surface area contributed by atoms with Gasteiger partial charge in [0, 0.05) is 12.1 Å². The van der Waals surface area contributed by atoms with Crippen LogP contribution in [0.1, 0.15) is 59.2 Å². The van der Waals surface area contributed by atoms with Crippen molar-refractivity contribution in [3.63, 3.8) is 0 Å². The number of aromatic nitrogens is 2. The fourth-order valence-corrected chi connectivity index (χ4v) is 5.01. The Hall–Kier alpha value is -4.51. The predicted octanol–water partition coefficient (Wildman–Crippen LogP) is 7.05. The summed E-state index contributed by atoms with van der Waals surface area (Å²) < 4.78 is 1.69. The highest BCUT2D eigenvalue weighted by Crippen LogP contribution is 2.29. The molecule has 1 atom stereocenters. The second kappa shape index (κ2) is 11.5. The van der Waals surface area contributed by atoms with E-state index in [-0.39, 0.29) is 11.5 Å². The van der Waals surface area contributed by atoms with E-state index < -0.39 is 6.04 Å². The minimum absolute atomic E-state index is 0.0963. The predicted molar refractivity (Wildman–Crippen MR) is 157 cm³/mol. The van der Waals surface area contributed by atoms with E-state index in [1.807, 2.05) is 122 Å². The normalized spacial score (nSPS) is 11.9. The summed E-state index contributed by atoms with van der Waals surface area (Å²) in [5, 5.41) is 0.551. The molecule has 0 aliphatic heterocycles. The monoisotopic (exact) mass is 515 g/mol. The van der Waals surface area contributed by atoms with Crippen molar-refractivity contribution in [2.45, 2.75) is 46.2 Å². The number of rotatable bonds is 8. The van der Waals surface area contributed by atoms with E-state index in [1.165, 1.54) is 5.56 Å². The van der Waals surface area contributed by atoms with Gasteiger partial charge in [-0.25, -0.2) is 4.98 Å². The zero-order valence-corrected chi connectivity index (χ0v) is 22.7. The lowest BCUT2D eigenvalue weighted by Gasteiger charge is -2.32. The Morgan fingerprint density at radius 1 is 0.821 bits per heavy atom. The summed E-state index contributed by atoms with van der Waals surface area (Å²) in [5.41, 5.74) is 5.13. The number of fused-ring (bicyclic) bond motifs is 1. The second-order valence-electron chi connectivity index (χ2n) is 9.86. The molecule has 1 heterocycles. The van der Waals surface area contributed by atoms with Crippen LogP contribution in [0.4, 0.5) is 0 Å². The summed E-state index contributed by atoms with van der Waals surface area (Å²) in [4.78, 5) is 35.0. The summed E-state index contributed by atoms with van der Waals surface area (Å²) in [6, 6.07) is 32.6. The fraction of sp³-hybridized carbons (Fsp3) is 0.206.